The topological polar surface area (TPSA) is 62.2 Å². The van der Waals surface area contributed by atoms with Gasteiger partial charge in [0.05, 0.1) is 12.3 Å². The van der Waals surface area contributed by atoms with Crippen molar-refractivity contribution in [2.45, 2.75) is 6.54 Å². The van der Waals surface area contributed by atoms with Crippen molar-refractivity contribution in [2.75, 3.05) is 58.5 Å². The number of aromatic nitrogens is 1. The highest BCUT2D eigenvalue weighted by Gasteiger charge is 2.21. The highest BCUT2D eigenvalue weighted by atomic mass is 127. The number of rotatable bonds is 7. The predicted octanol–water partition coefficient (Wildman–Crippen LogP) is 2.76. The first kappa shape index (κ1) is 24.1. The number of pyridine rings is 1. The minimum Gasteiger partial charge on any atom is -0.475 e. The Hall–Kier alpha value is -2.14. The highest BCUT2D eigenvalue weighted by molar-refractivity contribution is 14.0. The van der Waals surface area contributed by atoms with Crippen LogP contribution in [0.2, 0.25) is 0 Å². The van der Waals surface area contributed by atoms with Crippen LogP contribution in [0.15, 0.2) is 47.6 Å². The molecule has 164 valence electrons. The molecule has 1 aromatic heterocycles. The fourth-order valence-electron chi connectivity index (χ4n) is 3.21. The number of hydrogen-bond acceptors (Lipinski definition) is 5. The highest BCUT2D eigenvalue weighted by Crippen LogP contribution is 2.20. The third-order valence-corrected chi connectivity index (χ3v) is 4.77. The second-order valence-electron chi connectivity index (χ2n) is 6.67. The van der Waals surface area contributed by atoms with Crippen molar-refractivity contribution in [1.29, 1.82) is 0 Å². The maximum Gasteiger partial charge on any atom is 0.213 e. The van der Waals surface area contributed by atoms with Crippen molar-refractivity contribution >= 4 is 35.6 Å². The molecule has 1 aromatic carbocycles. The molecular formula is C21H29FIN5O2. The lowest BCUT2D eigenvalue weighted by molar-refractivity contribution is 0.143. The number of nitrogens with one attached hydrogen (secondary N) is 1. The fraction of sp³-hybridized carbons (Fsp3) is 0.429. The molecular weight excluding hydrogens is 500 g/mol. The van der Waals surface area contributed by atoms with Gasteiger partial charge in [-0.25, -0.2) is 9.37 Å². The lowest BCUT2D eigenvalue weighted by atomic mass is 10.2. The molecule has 1 N–H and O–H groups in total. The zero-order chi connectivity index (χ0) is 20.5. The van der Waals surface area contributed by atoms with Crippen LogP contribution in [0.4, 0.5) is 10.1 Å². The molecule has 1 saturated heterocycles. The van der Waals surface area contributed by atoms with Gasteiger partial charge in [-0.05, 0) is 17.7 Å². The first-order chi connectivity index (χ1) is 14.2. The molecule has 0 unspecified atom stereocenters. The number of piperazine rings is 1. The van der Waals surface area contributed by atoms with Crippen LogP contribution in [-0.2, 0) is 11.3 Å². The summed E-state index contributed by atoms with van der Waals surface area (Å²) in [4.78, 5) is 13.0. The number of nitrogens with zero attached hydrogens (tertiary/aromatic N) is 4. The van der Waals surface area contributed by atoms with Crippen LogP contribution in [0, 0.1) is 5.82 Å². The minimum absolute atomic E-state index is 0. The predicted molar refractivity (Wildman–Crippen MR) is 127 cm³/mol. The number of ether oxygens (including phenoxy) is 2. The summed E-state index contributed by atoms with van der Waals surface area (Å²) in [6, 6.07) is 10.7. The van der Waals surface area contributed by atoms with Gasteiger partial charge in [-0.3, -0.25) is 4.99 Å². The molecule has 0 atom stereocenters. The molecule has 0 saturated carbocycles. The van der Waals surface area contributed by atoms with Gasteiger partial charge in [0.1, 0.15) is 12.4 Å². The summed E-state index contributed by atoms with van der Waals surface area (Å²) in [5.41, 5.74) is 1.70. The first-order valence-corrected chi connectivity index (χ1v) is 9.73. The number of anilines is 1. The van der Waals surface area contributed by atoms with Crippen LogP contribution in [0.1, 0.15) is 5.56 Å². The Morgan fingerprint density at radius 1 is 1.13 bits per heavy atom. The van der Waals surface area contributed by atoms with Crippen LogP contribution in [0.3, 0.4) is 0 Å². The van der Waals surface area contributed by atoms with Crippen LogP contribution in [0.5, 0.6) is 5.88 Å². The van der Waals surface area contributed by atoms with E-state index in [0.29, 0.717) is 31.3 Å². The van der Waals surface area contributed by atoms with Gasteiger partial charge in [0, 0.05) is 59.1 Å². The average molecular weight is 529 g/mol. The Bertz CT molecular complexity index is 798. The zero-order valence-corrected chi connectivity index (χ0v) is 19.7. The summed E-state index contributed by atoms with van der Waals surface area (Å²) in [7, 11) is 3.41. The molecule has 2 heterocycles. The van der Waals surface area contributed by atoms with E-state index in [1.165, 1.54) is 6.07 Å². The van der Waals surface area contributed by atoms with Gasteiger partial charge < -0.3 is 24.6 Å². The molecule has 9 heteroatoms. The molecule has 1 aliphatic rings. The molecule has 7 nitrogen and oxygen atoms in total. The SMILES string of the molecule is CN=C(NCc1ccc(OCCOC)nc1)N1CCN(c2ccccc2F)CC1.I. The average Bonchev–Trinajstić information content (AvgIpc) is 2.76. The number of halogens is 2. The van der Waals surface area contributed by atoms with Crippen molar-refractivity contribution in [3.63, 3.8) is 0 Å². The van der Waals surface area contributed by atoms with Gasteiger partial charge in [-0.1, -0.05) is 18.2 Å². The van der Waals surface area contributed by atoms with E-state index in [0.717, 1.165) is 37.7 Å². The Labute approximate surface area is 194 Å². The minimum atomic E-state index is -0.175. The Morgan fingerprint density at radius 3 is 2.53 bits per heavy atom. The zero-order valence-electron chi connectivity index (χ0n) is 17.4. The van der Waals surface area contributed by atoms with Crippen LogP contribution >= 0.6 is 24.0 Å². The Kier molecular flexibility index (Phi) is 10.1. The summed E-state index contributed by atoms with van der Waals surface area (Å²) in [6.45, 7) is 4.67. The van der Waals surface area contributed by atoms with E-state index in [1.807, 2.05) is 24.3 Å². The van der Waals surface area contributed by atoms with Crippen molar-refractivity contribution in [3.05, 3.63) is 54.0 Å². The molecule has 3 rings (SSSR count). The van der Waals surface area contributed by atoms with Gasteiger partial charge in [-0.2, -0.15) is 0 Å². The van der Waals surface area contributed by atoms with Crippen LogP contribution in [-0.4, -0.2) is 69.4 Å². The molecule has 0 amide bonds. The number of aliphatic imine (C=N–C) groups is 1. The quantitative estimate of drug-likeness (QED) is 0.258. The Balaban J connectivity index is 0.00000320. The summed E-state index contributed by atoms with van der Waals surface area (Å²) >= 11 is 0. The van der Waals surface area contributed by atoms with Crippen molar-refractivity contribution in [2.24, 2.45) is 4.99 Å². The number of methoxy groups -OCH3 is 1. The van der Waals surface area contributed by atoms with Gasteiger partial charge in [0.15, 0.2) is 5.96 Å². The van der Waals surface area contributed by atoms with E-state index in [9.17, 15) is 4.39 Å². The maximum atomic E-state index is 14.0. The Morgan fingerprint density at radius 2 is 1.90 bits per heavy atom. The van der Waals surface area contributed by atoms with Crippen LogP contribution in [0.25, 0.3) is 0 Å². The summed E-state index contributed by atoms with van der Waals surface area (Å²) in [5.74, 6) is 1.24. The standard InChI is InChI=1S/C21H28FN5O2.HI/c1-23-21(25-16-17-7-8-20(24-15-17)29-14-13-28-2)27-11-9-26(10-12-27)19-6-4-3-5-18(19)22;/h3-8,15H,9-14,16H2,1-2H3,(H,23,25);1H. The van der Waals surface area contributed by atoms with Crippen molar-refractivity contribution in [1.82, 2.24) is 15.2 Å². The number of hydrogen-bond donors (Lipinski definition) is 1. The lowest BCUT2D eigenvalue weighted by Gasteiger charge is -2.37. The van der Waals surface area contributed by atoms with E-state index in [4.69, 9.17) is 9.47 Å². The van der Waals surface area contributed by atoms with E-state index in [1.54, 1.807) is 26.4 Å². The van der Waals surface area contributed by atoms with E-state index >= 15 is 0 Å². The number of para-hydroxylation sites is 1. The third-order valence-electron chi connectivity index (χ3n) is 4.77. The van der Waals surface area contributed by atoms with E-state index in [-0.39, 0.29) is 29.8 Å². The molecule has 1 fully saturated rings. The van der Waals surface area contributed by atoms with Crippen molar-refractivity contribution in [3.8, 4) is 5.88 Å². The van der Waals surface area contributed by atoms with Gasteiger partial charge >= 0.3 is 0 Å². The largest absolute Gasteiger partial charge is 0.475 e. The van der Waals surface area contributed by atoms with Gasteiger partial charge in [0.2, 0.25) is 5.88 Å². The molecule has 1 aliphatic heterocycles. The molecule has 30 heavy (non-hydrogen) atoms. The lowest BCUT2D eigenvalue weighted by Crippen LogP contribution is -2.52. The second-order valence-corrected chi connectivity index (χ2v) is 6.67. The smallest absolute Gasteiger partial charge is 0.213 e. The van der Waals surface area contributed by atoms with E-state index < -0.39 is 0 Å². The van der Waals surface area contributed by atoms with Gasteiger partial charge in [0.25, 0.3) is 0 Å². The maximum absolute atomic E-state index is 14.0. The molecule has 0 aliphatic carbocycles. The summed E-state index contributed by atoms with van der Waals surface area (Å²) in [5, 5.41) is 3.38. The van der Waals surface area contributed by atoms with Gasteiger partial charge in [-0.15, -0.1) is 24.0 Å². The molecule has 2 aromatic rings. The van der Waals surface area contributed by atoms with Crippen molar-refractivity contribution < 1.29 is 13.9 Å². The fourth-order valence-corrected chi connectivity index (χ4v) is 3.21. The monoisotopic (exact) mass is 529 g/mol. The molecule has 0 bridgehead atoms. The summed E-state index contributed by atoms with van der Waals surface area (Å²) in [6.07, 6.45) is 1.79. The molecule has 0 radical (unpaired) electrons. The first-order valence-electron chi connectivity index (χ1n) is 9.73. The third kappa shape index (κ3) is 6.69. The molecule has 0 spiro atoms. The summed E-state index contributed by atoms with van der Waals surface area (Å²) < 4.78 is 24.4. The van der Waals surface area contributed by atoms with Crippen LogP contribution < -0.4 is 15.0 Å². The van der Waals surface area contributed by atoms with E-state index in [2.05, 4.69) is 25.1 Å². The number of benzene rings is 1. The number of guanidine groups is 1. The normalized spacial score (nSPS) is 14.3. The second kappa shape index (κ2) is 12.5.